The van der Waals surface area contributed by atoms with E-state index in [0.29, 0.717) is 22.7 Å². The number of hydrogen-bond donors (Lipinski definition) is 1. The molecule has 0 aliphatic rings. The van der Waals surface area contributed by atoms with Gasteiger partial charge in [0.25, 0.3) is 0 Å². The fourth-order valence-corrected chi connectivity index (χ4v) is 4.53. The van der Waals surface area contributed by atoms with Crippen molar-refractivity contribution in [3.8, 4) is 0 Å². The number of nitrogens with one attached hydrogen (secondary N) is 1. The number of carbonyl (C=O) groups is 3. The fourth-order valence-electron chi connectivity index (χ4n) is 3.36. The summed E-state index contributed by atoms with van der Waals surface area (Å²) in [5, 5.41) is 3.44. The number of Topliss-reactive ketones (excluding diaryl/α,β-unsaturated/α-hetero) is 1. The molecule has 11 heteroatoms. The number of hydrogen-bond acceptors (Lipinski definition) is 5. The van der Waals surface area contributed by atoms with E-state index >= 15 is 0 Å². The summed E-state index contributed by atoms with van der Waals surface area (Å²) in [4.78, 5) is 39.5. The molecule has 0 saturated heterocycles. The van der Waals surface area contributed by atoms with E-state index < -0.39 is 28.5 Å². The first-order chi connectivity index (χ1) is 16.7. The van der Waals surface area contributed by atoms with Gasteiger partial charge in [-0.3, -0.25) is 18.7 Å². The largest absolute Gasteiger partial charge is 0.354 e. The monoisotopic (exact) mass is 555 g/mol. The predicted molar refractivity (Wildman–Crippen MR) is 143 cm³/mol. The molecular weight excluding hydrogens is 525 g/mol. The van der Waals surface area contributed by atoms with Crippen LogP contribution in [0.25, 0.3) is 0 Å². The first-order valence-corrected chi connectivity index (χ1v) is 13.9. The molecule has 1 atom stereocenters. The van der Waals surface area contributed by atoms with Crippen LogP contribution in [0, 0.1) is 5.92 Å². The maximum absolute atomic E-state index is 13.5. The summed E-state index contributed by atoms with van der Waals surface area (Å²) in [5.74, 6) is -1.02. The van der Waals surface area contributed by atoms with Crippen LogP contribution in [0.4, 0.5) is 5.69 Å². The van der Waals surface area contributed by atoms with E-state index in [1.165, 1.54) is 24.0 Å². The summed E-state index contributed by atoms with van der Waals surface area (Å²) in [5.41, 5.74) is 1.10. The number of carbonyl (C=O) groups excluding carboxylic acids is 3. The van der Waals surface area contributed by atoms with Gasteiger partial charge in [-0.05, 0) is 49.6 Å². The minimum Gasteiger partial charge on any atom is -0.354 e. The molecule has 0 spiro atoms. The number of benzene rings is 2. The SMILES string of the molecule is CC(=O)c1cccc(N(CC(=O)N(Cc2ccc(Cl)c(Cl)c2)C(C)C(=O)NCC(C)C)S(C)(=O)=O)c1. The molecule has 0 heterocycles. The van der Waals surface area contributed by atoms with Crippen molar-refractivity contribution in [1.82, 2.24) is 10.2 Å². The van der Waals surface area contributed by atoms with Crippen LogP contribution in [0.1, 0.15) is 43.6 Å². The average Bonchev–Trinajstić information content (AvgIpc) is 2.80. The Morgan fingerprint density at radius 2 is 1.67 bits per heavy atom. The van der Waals surface area contributed by atoms with Crippen molar-refractivity contribution in [1.29, 1.82) is 0 Å². The second-order valence-corrected chi connectivity index (χ2v) is 11.7. The summed E-state index contributed by atoms with van der Waals surface area (Å²) in [6.07, 6.45) is 0.975. The lowest BCUT2D eigenvalue weighted by atomic mass is 10.1. The number of ketones is 1. The lowest BCUT2D eigenvalue weighted by molar-refractivity contribution is -0.139. The normalized spacial score (nSPS) is 12.2. The van der Waals surface area contributed by atoms with E-state index in [4.69, 9.17) is 23.2 Å². The highest BCUT2D eigenvalue weighted by Crippen LogP contribution is 2.25. The van der Waals surface area contributed by atoms with Gasteiger partial charge in [0.15, 0.2) is 5.78 Å². The quantitative estimate of drug-likeness (QED) is 0.419. The van der Waals surface area contributed by atoms with Crippen molar-refractivity contribution in [3.05, 3.63) is 63.6 Å². The van der Waals surface area contributed by atoms with Crippen molar-refractivity contribution in [3.63, 3.8) is 0 Å². The molecule has 1 unspecified atom stereocenters. The fraction of sp³-hybridized carbons (Fsp3) is 0.400. The third-order valence-electron chi connectivity index (χ3n) is 5.41. The summed E-state index contributed by atoms with van der Waals surface area (Å²) < 4.78 is 26.2. The Kier molecular flexibility index (Phi) is 10.3. The number of sulfonamides is 1. The number of nitrogens with zero attached hydrogens (tertiary/aromatic N) is 2. The first kappa shape index (κ1) is 29.6. The van der Waals surface area contributed by atoms with Crippen molar-refractivity contribution in [2.24, 2.45) is 5.92 Å². The Morgan fingerprint density at radius 1 is 1.00 bits per heavy atom. The van der Waals surface area contributed by atoms with Crippen LogP contribution in [0.5, 0.6) is 0 Å². The Bertz CT molecular complexity index is 1230. The van der Waals surface area contributed by atoms with Gasteiger partial charge in [-0.25, -0.2) is 8.42 Å². The molecule has 196 valence electrons. The van der Waals surface area contributed by atoms with Crippen LogP contribution >= 0.6 is 23.2 Å². The summed E-state index contributed by atoms with van der Waals surface area (Å²) in [6.45, 7) is 6.69. The topological polar surface area (TPSA) is 104 Å². The van der Waals surface area contributed by atoms with Crippen LogP contribution in [0.2, 0.25) is 10.0 Å². The van der Waals surface area contributed by atoms with Crippen LogP contribution in [-0.2, 0) is 26.2 Å². The number of rotatable bonds is 11. The van der Waals surface area contributed by atoms with Crippen molar-refractivity contribution in [2.45, 2.75) is 40.3 Å². The predicted octanol–water partition coefficient (Wildman–Crippen LogP) is 4.15. The van der Waals surface area contributed by atoms with E-state index in [1.807, 2.05) is 13.8 Å². The van der Waals surface area contributed by atoms with Gasteiger partial charge < -0.3 is 10.2 Å². The van der Waals surface area contributed by atoms with Crippen LogP contribution in [-0.4, -0.2) is 56.3 Å². The highest BCUT2D eigenvalue weighted by atomic mass is 35.5. The highest BCUT2D eigenvalue weighted by molar-refractivity contribution is 7.92. The van der Waals surface area contributed by atoms with Gasteiger partial charge in [0.05, 0.1) is 22.0 Å². The minimum absolute atomic E-state index is 0.00290. The maximum atomic E-state index is 13.5. The van der Waals surface area contributed by atoms with Gasteiger partial charge in [-0.15, -0.1) is 0 Å². The summed E-state index contributed by atoms with van der Waals surface area (Å²) in [6, 6.07) is 9.97. The molecule has 1 N–H and O–H groups in total. The Morgan fingerprint density at radius 3 is 2.22 bits per heavy atom. The lowest BCUT2D eigenvalue weighted by Gasteiger charge is -2.31. The van der Waals surface area contributed by atoms with Crippen molar-refractivity contribution < 1.29 is 22.8 Å². The molecule has 2 rings (SSSR count). The van der Waals surface area contributed by atoms with Gasteiger partial charge in [-0.1, -0.05) is 55.2 Å². The Balaban J connectivity index is 2.43. The number of anilines is 1. The highest BCUT2D eigenvalue weighted by Gasteiger charge is 2.30. The smallest absolute Gasteiger partial charge is 0.244 e. The maximum Gasteiger partial charge on any atom is 0.244 e. The van der Waals surface area contributed by atoms with E-state index in [1.54, 1.807) is 37.3 Å². The molecule has 0 radical (unpaired) electrons. The van der Waals surface area contributed by atoms with Gasteiger partial charge in [0.1, 0.15) is 12.6 Å². The molecule has 0 aliphatic heterocycles. The van der Waals surface area contributed by atoms with Crippen LogP contribution in [0.15, 0.2) is 42.5 Å². The molecule has 8 nitrogen and oxygen atoms in total. The minimum atomic E-state index is -3.91. The van der Waals surface area contributed by atoms with Gasteiger partial charge in [-0.2, -0.15) is 0 Å². The van der Waals surface area contributed by atoms with Gasteiger partial charge in [0, 0.05) is 18.7 Å². The zero-order chi connectivity index (χ0) is 27.2. The molecule has 2 amide bonds. The lowest BCUT2D eigenvalue weighted by Crippen LogP contribution is -2.51. The Labute approximate surface area is 222 Å². The van der Waals surface area contributed by atoms with Crippen LogP contribution < -0.4 is 9.62 Å². The van der Waals surface area contributed by atoms with Crippen molar-refractivity contribution >= 4 is 56.5 Å². The molecule has 0 bridgehead atoms. The molecule has 2 aromatic carbocycles. The summed E-state index contributed by atoms with van der Waals surface area (Å²) >= 11 is 12.1. The van der Waals surface area contributed by atoms with E-state index in [9.17, 15) is 22.8 Å². The van der Waals surface area contributed by atoms with Gasteiger partial charge >= 0.3 is 0 Å². The molecular formula is C25H31Cl2N3O5S. The van der Waals surface area contributed by atoms with E-state index in [-0.39, 0.29) is 34.9 Å². The summed E-state index contributed by atoms with van der Waals surface area (Å²) in [7, 11) is -3.91. The zero-order valence-electron chi connectivity index (χ0n) is 20.9. The zero-order valence-corrected chi connectivity index (χ0v) is 23.2. The van der Waals surface area contributed by atoms with Gasteiger partial charge in [0.2, 0.25) is 21.8 Å². The molecule has 0 saturated carbocycles. The molecule has 0 fully saturated rings. The first-order valence-electron chi connectivity index (χ1n) is 11.3. The molecule has 36 heavy (non-hydrogen) atoms. The van der Waals surface area contributed by atoms with Crippen molar-refractivity contribution in [2.75, 3.05) is 23.7 Å². The number of amides is 2. The second-order valence-electron chi connectivity index (χ2n) is 8.96. The third kappa shape index (κ3) is 8.21. The average molecular weight is 557 g/mol. The molecule has 2 aromatic rings. The second kappa shape index (κ2) is 12.6. The van der Waals surface area contributed by atoms with E-state index in [0.717, 1.165) is 10.6 Å². The third-order valence-corrected chi connectivity index (χ3v) is 7.29. The standard InChI is InChI=1S/C25H31Cl2N3O5S/c1-16(2)13-28-25(33)17(3)29(14-19-9-10-22(26)23(27)11-19)24(32)15-30(36(5,34)35)21-8-6-7-20(12-21)18(4)31/h6-12,16-17H,13-15H2,1-5H3,(H,28,33). The number of halogens is 2. The van der Waals surface area contributed by atoms with Crippen LogP contribution in [0.3, 0.4) is 0 Å². The molecule has 0 aromatic heterocycles. The Hall–Kier alpha value is -2.62. The van der Waals surface area contributed by atoms with E-state index in [2.05, 4.69) is 5.32 Å². The molecule has 0 aliphatic carbocycles.